The van der Waals surface area contributed by atoms with Crippen molar-refractivity contribution in [3.63, 3.8) is 0 Å². The molecule has 4 nitrogen and oxygen atoms in total. The largest absolute Gasteiger partial charge is 0.466 e. The molecule has 1 aromatic carbocycles. The predicted molar refractivity (Wildman–Crippen MR) is 69.6 cm³/mol. The quantitative estimate of drug-likeness (QED) is 0.766. The number of hydrogen-bond acceptors (Lipinski definition) is 4. The van der Waals surface area contributed by atoms with Gasteiger partial charge in [-0.05, 0) is 18.4 Å². The van der Waals surface area contributed by atoms with E-state index in [9.17, 15) is 9.59 Å². The molecule has 0 N–H and O–H groups in total. The van der Waals surface area contributed by atoms with Crippen LogP contribution in [0.25, 0.3) is 0 Å². The van der Waals surface area contributed by atoms with Gasteiger partial charge in [-0.15, -0.1) is 0 Å². The van der Waals surface area contributed by atoms with Gasteiger partial charge in [0, 0.05) is 5.56 Å². The zero-order chi connectivity index (χ0) is 13.8. The van der Waals surface area contributed by atoms with E-state index < -0.39 is 6.10 Å². The van der Waals surface area contributed by atoms with Crippen LogP contribution >= 0.6 is 0 Å². The van der Waals surface area contributed by atoms with Crippen LogP contribution in [-0.2, 0) is 14.3 Å². The van der Waals surface area contributed by atoms with Gasteiger partial charge in [0.05, 0.1) is 18.6 Å². The highest BCUT2D eigenvalue weighted by Crippen LogP contribution is 2.32. The standard InChI is InChI=1S/C15H18O4/c1-10(2)7-8-18-14(16)9-13-11-5-3-4-6-12(11)15(17)19-13/h3-6,10,13H,7-9H2,1-2H3. The number of carbonyl (C=O) groups is 2. The molecule has 1 aliphatic rings. The van der Waals surface area contributed by atoms with E-state index in [4.69, 9.17) is 9.47 Å². The van der Waals surface area contributed by atoms with Crippen LogP contribution in [0.4, 0.5) is 0 Å². The second-order valence-electron chi connectivity index (χ2n) is 5.09. The molecular weight excluding hydrogens is 244 g/mol. The average molecular weight is 262 g/mol. The van der Waals surface area contributed by atoms with Crippen molar-refractivity contribution in [2.75, 3.05) is 6.61 Å². The molecule has 1 aliphatic heterocycles. The number of esters is 2. The predicted octanol–water partition coefficient (Wildman–Crippen LogP) is 2.88. The fraction of sp³-hybridized carbons (Fsp3) is 0.467. The van der Waals surface area contributed by atoms with Crippen molar-refractivity contribution in [2.45, 2.75) is 32.8 Å². The molecular formula is C15H18O4. The summed E-state index contributed by atoms with van der Waals surface area (Å²) in [6.45, 7) is 4.56. The zero-order valence-corrected chi connectivity index (χ0v) is 11.2. The lowest BCUT2D eigenvalue weighted by Gasteiger charge is -2.11. The Hall–Kier alpha value is -1.84. The van der Waals surface area contributed by atoms with E-state index in [1.165, 1.54) is 0 Å². The Kier molecular flexibility index (Phi) is 4.20. The second kappa shape index (κ2) is 5.87. The number of fused-ring (bicyclic) bond motifs is 1. The summed E-state index contributed by atoms with van der Waals surface area (Å²) in [5.74, 6) is -0.191. The van der Waals surface area contributed by atoms with Crippen molar-refractivity contribution < 1.29 is 19.1 Å². The lowest BCUT2D eigenvalue weighted by molar-refractivity contribution is -0.146. The van der Waals surface area contributed by atoms with Crippen molar-refractivity contribution in [3.8, 4) is 0 Å². The number of cyclic esters (lactones) is 1. The first-order valence-corrected chi connectivity index (χ1v) is 6.53. The Morgan fingerprint density at radius 1 is 1.37 bits per heavy atom. The van der Waals surface area contributed by atoms with Crippen molar-refractivity contribution >= 4 is 11.9 Å². The molecule has 1 heterocycles. The van der Waals surface area contributed by atoms with Crippen LogP contribution in [-0.4, -0.2) is 18.5 Å². The van der Waals surface area contributed by atoms with E-state index in [2.05, 4.69) is 13.8 Å². The van der Waals surface area contributed by atoms with Gasteiger partial charge in [-0.1, -0.05) is 32.0 Å². The molecule has 1 aromatic rings. The third-order valence-corrected chi connectivity index (χ3v) is 3.09. The van der Waals surface area contributed by atoms with Crippen molar-refractivity contribution in [1.82, 2.24) is 0 Å². The summed E-state index contributed by atoms with van der Waals surface area (Å²) in [6.07, 6.45) is 0.420. The van der Waals surface area contributed by atoms with Crippen molar-refractivity contribution in [3.05, 3.63) is 35.4 Å². The molecule has 2 rings (SSSR count). The molecule has 0 saturated heterocycles. The maximum Gasteiger partial charge on any atom is 0.339 e. The minimum absolute atomic E-state index is 0.0842. The molecule has 0 aliphatic carbocycles. The van der Waals surface area contributed by atoms with Gasteiger partial charge in [0.2, 0.25) is 0 Å². The summed E-state index contributed by atoms with van der Waals surface area (Å²) in [6, 6.07) is 7.13. The summed E-state index contributed by atoms with van der Waals surface area (Å²) in [5.41, 5.74) is 1.32. The van der Waals surface area contributed by atoms with Gasteiger partial charge < -0.3 is 9.47 Å². The summed E-state index contributed by atoms with van der Waals surface area (Å²) in [4.78, 5) is 23.3. The number of hydrogen-bond donors (Lipinski definition) is 0. The maximum absolute atomic E-state index is 11.7. The summed E-state index contributed by atoms with van der Waals surface area (Å²) < 4.78 is 10.3. The second-order valence-corrected chi connectivity index (χ2v) is 5.09. The Balaban J connectivity index is 1.91. The van der Waals surface area contributed by atoms with Crippen LogP contribution in [0.3, 0.4) is 0 Å². The number of carbonyl (C=O) groups excluding carboxylic acids is 2. The molecule has 0 amide bonds. The van der Waals surface area contributed by atoms with E-state index in [-0.39, 0.29) is 18.4 Å². The van der Waals surface area contributed by atoms with Crippen molar-refractivity contribution in [1.29, 1.82) is 0 Å². The summed E-state index contributed by atoms with van der Waals surface area (Å²) >= 11 is 0. The highest BCUT2D eigenvalue weighted by atomic mass is 16.6. The number of ether oxygens (including phenoxy) is 2. The van der Waals surface area contributed by atoms with Crippen LogP contribution in [0, 0.1) is 5.92 Å². The SMILES string of the molecule is CC(C)CCOC(=O)CC1OC(=O)c2ccccc21. The van der Waals surface area contributed by atoms with Gasteiger partial charge in [-0.25, -0.2) is 4.79 Å². The highest BCUT2D eigenvalue weighted by Gasteiger charge is 2.32. The van der Waals surface area contributed by atoms with E-state index in [0.29, 0.717) is 18.1 Å². The Bertz CT molecular complexity index is 479. The minimum Gasteiger partial charge on any atom is -0.466 e. The van der Waals surface area contributed by atoms with Gasteiger partial charge in [0.25, 0.3) is 0 Å². The van der Waals surface area contributed by atoms with Gasteiger partial charge in [0.1, 0.15) is 6.10 Å². The first-order chi connectivity index (χ1) is 9.08. The molecule has 0 bridgehead atoms. The van der Waals surface area contributed by atoms with Crippen LogP contribution in [0.15, 0.2) is 24.3 Å². The van der Waals surface area contributed by atoms with Crippen LogP contribution < -0.4 is 0 Å². The topological polar surface area (TPSA) is 52.6 Å². The molecule has 0 spiro atoms. The van der Waals surface area contributed by atoms with Crippen molar-refractivity contribution in [2.24, 2.45) is 5.92 Å². The molecule has 0 saturated carbocycles. The molecule has 19 heavy (non-hydrogen) atoms. The first kappa shape index (κ1) is 13.6. The lowest BCUT2D eigenvalue weighted by atomic mass is 10.0. The molecule has 1 unspecified atom stereocenters. The normalized spacial score (nSPS) is 17.2. The van der Waals surface area contributed by atoms with E-state index in [1.54, 1.807) is 12.1 Å². The van der Waals surface area contributed by atoms with E-state index >= 15 is 0 Å². The Labute approximate surface area is 112 Å². The average Bonchev–Trinajstić information content (AvgIpc) is 2.66. The monoisotopic (exact) mass is 262 g/mol. The van der Waals surface area contributed by atoms with Gasteiger partial charge >= 0.3 is 11.9 Å². The lowest BCUT2D eigenvalue weighted by Crippen LogP contribution is -2.12. The minimum atomic E-state index is -0.504. The third-order valence-electron chi connectivity index (χ3n) is 3.09. The number of benzene rings is 1. The smallest absolute Gasteiger partial charge is 0.339 e. The zero-order valence-electron chi connectivity index (χ0n) is 11.2. The van der Waals surface area contributed by atoms with Crippen LogP contribution in [0.2, 0.25) is 0 Å². The van der Waals surface area contributed by atoms with E-state index in [1.807, 2.05) is 12.1 Å². The van der Waals surface area contributed by atoms with Gasteiger partial charge in [-0.3, -0.25) is 4.79 Å². The Morgan fingerprint density at radius 2 is 2.11 bits per heavy atom. The molecule has 4 heteroatoms. The summed E-state index contributed by atoms with van der Waals surface area (Å²) in [7, 11) is 0. The third kappa shape index (κ3) is 3.34. The van der Waals surface area contributed by atoms with Crippen LogP contribution in [0.1, 0.15) is 48.7 Å². The van der Waals surface area contributed by atoms with Crippen LogP contribution in [0.5, 0.6) is 0 Å². The molecule has 1 atom stereocenters. The Morgan fingerprint density at radius 3 is 2.84 bits per heavy atom. The fourth-order valence-corrected chi connectivity index (χ4v) is 1.99. The van der Waals surface area contributed by atoms with Gasteiger partial charge in [0.15, 0.2) is 0 Å². The molecule has 0 aromatic heterocycles. The summed E-state index contributed by atoms with van der Waals surface area (Å²) in [5, 5.41) is 0. The maximum atomic E-state index is 11.7. The van der Waals surface area contributed by atoms with Gasteiger partial charge in [-0.2, -0.15) is 0 Å². The fourth-order valence-electron chi connectivity index (χ4n) is 1.99. The molecule has 0 radical (unpaired) electrons. The van der Waals surface area contributed by atoms with E-state index in [0.717, 1.165) is 12.0 Å². The number of rotatable bonds is 5. The highest BCUT2D eigenvalue weighted by molar-refractivity contribution is 5.94. The molecule has 102 valence electrons. The molecule has 0 fully saturated rings. The first-order valence-electron chi connectivity index (χ1n) is 6.53.